The van der Waals surface area contributed by atoms with Crippen LogP contribution in [0, 0.1) is 5.82 Å². The molecule has 0 aromatic heterocycles. The van der Waals surface area contributed by atoms with Gasteiger partial charge in [0.25, 0.3) is 10.0 Å². The first-order valence-corrected chi connectivity index (χ1v) is 7.36. The summed E-state index contributed by atoms with van der Waals surface area (Å²) in [7, 11) is -3.83. The van der Waals surface area contributed by atoms with Crippen molar-refractivity contribution in [1.29, 1.82) is 0 Å². The van der Waals surface area contributed by atoms with Gasteiger partial charge in [0.05, 0.1) is 20.6 Å². The Morgan fingerprint density at radius 2 is 1.63 bits per heavy atom. The van der Waals surface area contributed by atoms with Gasteiger partial charge in [0.15, 0.2) is 0 Å². The first kappa shape index (κ1) is 14.1. The van der Waals surface area contributed by atoms with Crippen LogP contribution in [0.15, 0.2) is 47.4 Å². The van der Waals surface area contributed by atoms with Crippen LogP contribution >= 0.6 is 23.2 Å². The van der Waals surface area contributed by atoms with Crippen LogP contribution in [-0.4, -0.2) is 8.42 Å². The Kier molecular flexibility index (Phi) is 3.99. The Morgan fingerprint density at radius 1 is 1.00 bits per heavy atom. The highest BCUT2D eigenvalue weighted by Gasteiger charge is 2.16. The topological polar surface area (TPSA) is 46.2 Å². The van der Waals surface area contributed by atoms with Gasteiger partial charge < -0.3 is 0 Å². The molecule has 0 aliphatic heterocycles. The van der Waals surface area contributed by atoms with Crippen molar-refractivity contribution in [3.63, 3.8) is 0 Å². The van der Waals surface area contributed by atoms with Crippen LogP contribution in [0.25, 0.3) is 0 Å². The highest BCUT2D eigenvalue weighted by molar-refractivity contribution is 7.92. The predicted molar refractivity (Wildman–Crippen MR) is 73.7 cm³/mol. The molecule has 2 aromatic rings. The van der Waals surface area contributed by atoms with Crippen molar-refractivity contribution < 1.29 is 12.8 Å². The summed E-state index contributed by atoms with van der Waals surface area (Å²) >= 11 is 11.7. The Morgan fingerprint density at radius 3 is 2.26 bits per heavy atom. The summed E-state index contributed by atoms with van der Waals surface area (Å²) in [5.41, 5.74) is 0.165. The van der Waals surface area contributed by atoms with E-state index in [1.807, 2.05) is 0 Å². The molecule has 0 unspecified atom stereocenters. The maximum absolute atomic E-state index is 12.8. The van der Waals surface area contributed by atoms with E-state index in [2.05, 4.69) is 4.72 Å². The zero-order chi connectivity index (χ0) is 14.0. The maximum Gasteiger partial charge on any atom is 0.261 e. The predicted octanol–water partition coefficient (Wildman–Crippen LogP) is 3.93. The second-order valence-electron chi connectivity index (χ2n) is 3.66. The normalized spacial score (nSPS) is 11.3. The van der Waals surface area contributed by atoms with Gasteiger partial charge in [-0.3, -0.25) is 4.72 Å². The fourth-order valence-corrected chi connectivity index (χ4v) is 2.88. The lowest BCUT2D eigenvalue weighted by Crippen LogP contribution is -2.13. The van der Waals surface area contributed by atoms with Crippen molar-refractivity contribution in [2.75, 3.05) is 4.72 Å². The largest absolute Gasteiger partial charge is 0.278 e. The van der Waals surface area contributed by atoms with E-state index >= 15 is 0 Å². The Bertz CT molecular complexity index is 702. The molecular formula is C12H8Cl2FNO2S. The first-order chi connectivity index (χ1) is 8.90. The molecule has 0 heterocycles. The standard InChI is InChI=1S/C12H8Cl2FNO2S/c13-10-2-1-3-11(12(10)14)16-19(17,18)9-6-4-8(15)5-7-9/h1-7,16H. The number of rotatable bonds is 3. The van der Waals surface area contributed by atoms with Crippen LogP contribution in [0.3, 0.4) is 0 Å². The molecule has 0 amide bonds. The minimum atomic E-state index is -3.83. The van der Waals surface area contributed by atoms with Gasteiger partial charge in [0, 0.05) is 0 Å². The Labute approximate surface area is 120 Å². The van der Waals surface area contributed by atoms with Crippen molar-refractivity contribution in [1.82, 2.24) is 0 Å². The summed E-state index contributed by atoms with van der Waals surface area (Å²) in [6.45, 7) is 0. The highest BCUT2D eigenvalue weighted by Crippen LogP contribution is 2.31. The zero-order valence-electron chi connectivity index (χ0n) is 9.40. The van der Waals surface area contributed by atoms with Crippen LogP contribution in [-0.2, 0) is 10.0 Å². The Balaban J connectivity index is 2.36. The summed E-state index contributed by atoms with van der Waals surface area (Å²) in [5.74, 6) is -0.514. The van der Waals surface area contributed by atoms with Crippen LogP contribution in [0.4, 0.5) is 10.1 Å². The first-order valence-electron chi connectivity index (χ1n) is 5.12. The number of halogens is 3. The van der Waals surface area contributed by atoms with Crippen LogP contribution in [0.2, 0.25) is 10.0 Å². The lowest BCUT2D eigenvalue weighted by atomic mass is 10.3. The van der Waals surface area contributed by atoms with Gasteiger partial charge in [-0.15, -0.1) is 0 Å². The van der Waals surface area contributed by atoms with E-state index in [9.17, 15) is 12.8 Å². The number of hydrogen-bond donors (Lipinski definition) is 1. The van der Waals surface area contributed by atoms with Gasteiger partial charge in [0.2, 0.25) is 0 Å². The lowest BCUT2D eigenvalue weighted by Gasteiger charge is -2.10. The molecule has 0 spiro atoms. The van der Waals surface area contributed by atoms with Crippen molar-refractivity contribution in [3.8, 4) is 0 Å². The molecule has 0 bridgehead atoms. The summed E-state index contributed by atoms with van der Waals surface area (Å²) in [5, 5.41) is 0.343. The second-order valence-corrected chi connectivity index (χ2v) is 6.13. The average Bonchev–Trinajstić information content (AvgIpc) is 2.35. The van der Waals surface area contributed by atoms with Crippen molar-refractivity contribution in [2.45, 2.75) is 4.90 Å². The van der Waals surface area contributed by atoms with Crippen LogP contribution < -0.4 is 4.72 Å². The minimum absolute atomic E-state index is 0.0649. The summed E-state index contributed by atoms with van der Waals surface area (Å²) < 4.78 is 39.1. The number of sulfonamides is 1. The second kappa shape index (κ2) is 5.36. The van der Waals surface area contributed by atoms with E-state index in [0.29, 0.717) is 0 Å². The van der Waals surface area contributed by atoms with E-state index in [1.165, 1.54) is 6.07 Å². The lowest BCUT2D eigenvalue weighted by molar-refractivity contribution is 0.599. The van der Waals surface area contributed by atoms with E-state index < -0.39 is 15.8 Å². The van der Waals surface area contributed by atoms with Crippen molar-refractivity contribution in [2.24, 2.45) is 0 Å². The van der Waals surface area contributed by atoms with Crippen LogP contribution in [0.1, 0.15) is 0 Å². The van der Waals surface area contributed by atoms with Gasteiger partial charge in [0.1, 0.15) is 5.82 Å². The number of benzene rings is 2. The molecule has 2 rings (SSSR count). The summed E-state index contributed by atoms with van der Waals surface area (Å²) in [6, 6.07) is 9.04. The molecule has 0 aliphatic carbocycles. The fraction of sp³-hybridized carbons (Fsp3) is 0. The van der Waals surface area contributed by atoms with Gasteiger partial charge in [-0.2, -0.15) is 0 Å². The third-order valence-electron chi connectivity index (χ3n) is 2.32. The molecule has 0 radical (unpaired) electrons. The molecule has 100 valence electrons. The third-order valence-corrected chi connectivity index (χ3v) is 4.52. The SMILES string of the molecule is O=S(=O)(Nc1cccc(Cl)c1Cl)c1ccc(F)cc1. The smallest absolute Gasteiger partial charge is 0.261 e. The summed E-state index contributed by atoms with van der Waals surface area (Å²) in [6.07, 6.45) is 0. The summed E-state index contributed by atoms with van der Waals surface area (Å²) in [4.78, 5) is -0.0649. The maximum atomic E-state index is 12.8. The van der Waals surface area contributed by atoms with Crippen molar-refractivity contribution >= 4 is 38.9 Å². The monoisotopic (exact) mass is 319 g/mol. The van der Waals surface area contributed by atoms with E-state index in [0.717, 1.165) is 24.3 Å². The molecule has 19 heavy (non-hydrogen) atoms. The number of nitrogens with one attached hydrogen (secondary N) is 1. The number of hydrogen-bond acceptors (Lipinski definition) is 2. The molecule has 0 saturated carbocycles. The van der Waals surface area contributed by atoms with E-state index in [1.54, 1.807) is 12.1 Å². The zero-order valence-corrected chi connectivity index (χ0v) is 11.7. The highest BCUT2D eigenvalue weighted by atomic mass is 35.5. The molecular weight excluding hydrogens is 312 g/mol. The molecule has 0 aliphatic rings. The fourth-order valence-electron chi connectivity index (χ4n) is 1.40. The van der Waals surface area contributed by atoms with E-state index in [4.69, 9.17) is 23.2 Å². The van der Waals surface area contributed by atoms with Crippen molar-refractivity contribution in [3.05, 3.63) is 58.3 Å². The molecule has 0 fully saturated rings. The van der Waals surface area contributed by atoms with Gasteiger partial charge in [-0.25, -0.2) is 12.8 Å². The van der Waals surface area contributed by atoms with Crippen LogP contribution in [0.5, 0.6) is 0 Å². The van der Waals surface area contributed by atoms with Gasteiger partial charge >= 0.3 is 0 Å². The molecule has 0 atom stereocenters. The van der Waals surface area contributed by atoms with E-state index in [-0.39, 0.29) is 20.6 Å². The van der Waals surface area contributed by atoms with Gasteiger partial charge in [-0.05, 0) is 36.4 Å². The molecule has 0 saturated heterocycles. The number of anilines is 1. The molecule has 2 aromatic carbocycles. The average molecular weight is 320 g/mol. The third kappa shape index (κ3) is 3.18. The Hall–Kier alpha value is -1.30. The quantitative estimate of drug-likeness (QED) is 0.931. The minimum Gasteiger partial charge on any atom is -0.278 e. The molecule has 7 heteroatoms. The molecule has 3 nitrogen and oxygen atoms in total. The molecule has 1 N–H and O–H groups in total. The van der Waals surface area contributed by atoms with Gasteiger partial charge in [-0.1, -0.05) is 29.3 Å².